The van der Waals surface area contributed by atoms with Crippen molar-refractivity contribution in [2.45, 2.75) is 69.1 Å². The third-order valence-corrected chi connectivity index (χ3v) is 13.0. The molecular weight excluding hydrogens is 660 g/mol. The lowest BCUT2D eigenvalue weighted by atomic mass is 9.82. The SMILES string of the molecule is C[C@@H]1[C@@H]([Si](C)(C)F)[C@H](CCn2cc(C(CO)c3ccccc3)nn2)O[C@@]12C(=O)N(Cc1cccc(N3CCC3=O)c1)c1ccc([N+](=O)[O-])cc12. The Kier molecular flexibility index (Phi) is 8.64. The number of aliphatic hydroxyl groups excluding tert-OH is 1. The van der Waals surface area contributed by atoms with Gasteiger partial charge in [0.2, 0.25) is 14.3 Å². The minimum Gasteiger partial charge on any atom is -0.395 e. The molecule has 3 aliphatic heterocycles. The lowest BCUT2D eigenvalue weighted by Crippen LogP contribution is -2.45. The van der Waals surface area contributed by atoms with Gasteiger partial charge in [-0.2, -0.15) is 0 Å². The van der Waals surface area contributed by atoms with E-state index >= 15 is 4.11 Å². The molecule has 1 aromatic heterocycles. The largest absolute Gasteiger partial charge is 0.395 e. The number of hydrogen-bond donors (Lipinski definition) is 1. The summed E-state index contributed by atoms with van der Waals surface area (Å²) in [5.74, 6) is -1.35. The number of rotatable bonds is 11. The molecular formula is C36H39FN6O6Si. The first kappa shape index (κ1) is 33.7. The molecule has 3 aliphatic rings. The second-order valence-corrected chi connectivity index (χ2v) is 17.7. The number of aryl methyl sites for hydroxylation is 1. The first-order chi connectivity index (χ1) is 23.9. The molecule has 0 aliphatic carbocycles. The van der Waals surface area contributed by atoms with Gasteiger partial charge in [0.1, 0.15) is 0 Å². The van der Waals surface area contributed by atoms with Crippen molar-refractivity contribution in [3.63, 3.8) is 0 Å². The van der Waals surface area contributed by atoms with Gasteiger partial charge in [-0.3, -0.25) is 24.4 Å². The van der Waals surface area contributed by atoms with Crippen molar-refractivity contribution in [2.75, 3.05) is 23.0 Å². The van der Waals surface area contributed by atoms with Gasteiger partial charge in [-0.25, -0.2) is 0 Å². The fourth-order valence-corrected chi connectivity index (χ4v) is 10.6. The monoisotopic (exact) mass is 698 g/mol. The Labute approximate surface area is 289 Å². The summed E-state index contributed by atoms with van der Waals surface area (Å²) in [7, 11) is -3.50. The number of nitro benzene ring substituents is 1. The van der Waals surface area contributed by atoms with Crippen molar-refractivity contribution in [3.05, 3.63) is 111 Å². The number of amides is 2. The maximum Gasteiger partial charge on any atom is 0.269 e. The Balaban J connectivity index is 1.20. The summed E-state index contributed by atoms with van der Waals surface area (Å²) in [6.07, 6.45) is 1.88. The number of β-lactam (4-membered cyclic amide) rings is 1. The van der Waals surface area contributed by atoms with Crippen LogP contribution in [0.3, 0.4) is 0 Å². The van der Waals surface area contributed by atoms with E-state index in [1.54, 1.807) is 39.8 Å². The molecule has 12 nitrogen and oxygen atoms in total. The van der Waals surface area contributed by atoms with Crippen molar-refractivity contribution in [2.24, 2.45) is 5.92 Å². The number of aliphatic hydroxyl groups is 1. The molecule has 0 saturated carbocycles. The smallest absolute Gasteiger partial charge is 0.269 e. The van der Waals surface area contributed by atoms with Crippen LogP contribution < -0.4 is 9.80 Å². The molecule has 1 spiro atoms. The van der Waals surface area contributed by atoms with Crippen molar-refractivity contribution < 1.29 is 28.5 Å². The van der Waals surface area contributed by atoms with Crippen LogP contribution in [0.1, 0.15) is 48.1 Å². The summed E-state index contributed by atoms with van der Waals surface area (Å²) in [4.78, 5) is 41.6. The minimum absolute atomic E-state index is 0.0331. The van der Waals surface area contributed by atoms with Gasteiger partial charge in [-0.05, 0) is 48.8 Å². The number of carbonyl (C=O) groups excluding carboxylic acids is 2. The summed E-state index contributed by atoms with van der Waals surface area (Å²) in [5.41, 5.74) is 1.42. The molecule has 0 radical (unpaired) electrons. The highest BCUT2D eigenvalue weighted by molar-refractivity contribution is 6.72. The molecule has 5 atom stereocenters. The highest BCUT2D eigenvalue weighted by atomic mass is 28.4. The Morgan fingerprint density at radius 3 is 2.56 bits per heavy atom. The number of hydrogen-bond acceptors (Lipinski definition) is 8. The zero-order chi connectivity index (χ0) is 35.4. The molecule has 3 aromatic carbocycles. The lowest BCUT2D eigenvalue weighted by molar-refractivity contribution is -0.385. The van der Waals surface area contributed by atoms with E-state index in [0.717, 1.165) is 16.8 Å². The molecule has 1 N–H and O–H groups in total. The molecule has 2 saturated heterocycles. The van der Waals surface area contributed by atoms with Crippen molar-refractivity contribution in [1.82, 2.24) is 15.0 Å². The molecule has 1 unspecified atom stereocenters. The average Bonchev–Trinajstić information content (AvgIpc) is 3.74. The van der Waals surface area contributed by atoms with Gasteiger partial charge >= 0.3 is 0 Å². The first-order valence-corrected chi connectivity index (χ1v) is 19.8. The molecule has 0 bridgehead atoms. The van der Waals surface area contributed by atoms with Gasteiger partial charge in [0.05, 0.1) is 41.5 Å². The number of fused-ring (bicyclic) bond motifs is 2. The van der Waals surface area contributed by atoms with Gasteiger partial charge < -0.3 is 23.8 Å². The number of nitro groups is 1. The fraction of sp³-hybridized carbons (Fsp3) is 0.389. The average molecular weight is 699 g/mol. The van der Waals surface area contributed by atoms with Gasteiger partial charge in [0.25, 0.3) is 11.6 Å². The van der Waals surface area contributed by atoms with Crippen molar-refractivity contribution in [1.29, 1.82) is 0 Å². The van der Waals surface area contributed by atoms with E-state index in [4.69, 9.17) is 4.74 Å². The molecule has 4 aromatic rings. The van der Waals surface area contributed by atoms with E-state index in [1.807, 2.05) is 61.5 Å². The van der Waals surface area contributed by atoms with Gasteiger partial charge in [0.15, 0.2) is 5.60 Å². The van der Waals surface area contributed by atoms with Crippen LogP contribution in [0.25, 0.3) is 0 Å². The lowest BCUT2D eigenvalue weighted by Gasteiger charge is -2.32. The van der Waals surface area contributed by atoms with Crippen molar-refractivity contribution in [3.8, 4) is 0 Å². The van der Waals surface area contributed by atoms with Gasteiger partial charge in [-0.15, -0.1) is 5.10 Å². The minimum atomic E-state index is -3.50. The van der Waals surface area contributed by atoms with Crippen LogP contribution in [0, 0.1) is 16.0 Å². The van der Waals surface area contributed by atoms with E-state index in [-0.39, 0.29) is 30.7 Å². The molecule has 260 valence electrons. The Morgan fingerprint density at radius 1 is 1.12 bits per heavy atom. The third-order valence-electron chi connectivity index (χ3n) is 10.5. The van der Waals surface area contributed by atoms with E-state index in [1.165, 1.54) is 12.1 Å². The Hall–Kier alpha value is -4.79. The predicted octanol–water partition coefficient (Wildman–Crippen LogP) is 5.46. The summed E-state index contributed by atoms with van der Waals surface area (Å²) in [6, 6.07) is 21.3. The second-order valence-electron chi connectivity index (χ2n) is 13.9. The number of anilines is 2. The summed E-state index contributed by atoms with van der Waals surface area (Å²) >= 11 is 0. The topological polar surface area (TPSA) is 144 Å². The quantitative estimate of drug-likeness (QED) is 0.0716. The summed E-state index contributed by atoms with van der Waals surface area (Å²) in [5, 5.41) is 30.7. The normalized spacial score (nSPS) is 23.7. The standard InChI is InChI=1S/C36H39FN6O6Si/c1-23-34(50(2,3)37)32(14-16-40-21-30(38-39-40)28(22-44)25-9-5-4-6-10-25)49-36(23)29-19-27(43(47)48)12-13-31(29)42(35(36)46)20-24-8-7-11-26(18-24)41-17-15-33(41)45/h4-13,18-19,21,23,28,32,34,44H,14-17,20,22H2,1-3H3/t23-,28?,32+,34-,36+/m1/s1. The number of carbonyl (C=O) groups is 2. The number of ether oxygens (including phenoxy) is 1. The van der Waals surface area contributed by atoms with Crippen LogP contribution in [0.4, 0.5) is 21.2 Å². The predicted molar refractivity (Wildman–Crippen MR) is 186 cm³/mol. The van der Waals surface area contributed by atoms with Crippen LogP contribution >= 0.6 is 0 Å². The maximum absolute atomic E-state index is 16.4. The van der Waals surface area contributed by atoms with E-state index in [9.17, 15) is 24.8 Å². The molecule has 4 heterocycles. The summed E-state index contributed by atoms with van der Waals surface area (Å²) < 4.78 is 24.8. The number of aromatic nitrogens is 3. The van der Waals surface area contributed by atoms with Crippen LogP contribution in [0.5, 0.6) is 0 Å². The van der Waals surface area contributed by atoms with Crippen LogP contribution in [-0.2, 0) is 33.0 Å². The highest BCUT2D eigenvalue weighted by Crippen LogP contribution is 2.60. The van der Waals surface area contributed by atoms with Crippen LogP contribution in [0.2, 0.25) is 18.6 Å². The number of halogens is 1. The third kappa shape index (κ3) is 5.70. The van der Waals surface area contributed by atoms with Crippen LogP contribution in [0.15, 0.2) is 79.0 Å². The molecule has 7 rings (SSSR count). The van der Waals surface area contributed by atoms with E-state index < -0.39 is 42.4 Å². The second kappa shape index (κ2) is 12.8. The highest BCUT2D eigenvalue weighted by Gasteiger charge is 2.67. The zero-order valence-corrected chi connectivity index (χ0v) is 29.1. The number of benzene rings is 3. The molecule has 2 fully saturated rings. The molecule has 50 heavy (non-hydrogen) atoms. The summed E-state index contributed by atoms with van der Waals surface area (Å²) in [6.45, 7) is 5.96. The van der Waals surface area contributed by atoms with Gasteiger partial charge in [-0.1, -0.05) is 54.6 Å². The van der Waals surface area contributed by atoms with E-state index in [2.05, 4.69) is 10.3 Å². The van der Waals surface area contributed by atoms with Crippen molar-refractivity contribution >= 4 is 37.3 Å². The van der Waals surface area contributed by atoms with Crippen LogP contribution in [-0.4, -0.2) is 64.5 Å². The molecule has 14 heteroatoms. The molecule has 2 amide bonds. The number of nitrogens with zero attached hydrogens (tertiary/aromatic N) is 6. The van der Waals surface area contributed by atoms with Gasteiger partial charge in [0, 0.05) is 60.5 Å². The zero-order valence-electron chi connectivity index (χ0n) is 28.1. The Bertz CT molecular complexity index is 1950. The van der Waals surface area contributed by atoms with E-state index in [0.29, 0.717) is 42.9 Å². The Morgan fingerprint density at radius 2 is 1.90 bits per heavy atom. The maximum atomic E-state index is 16.4. The number of non-ortho nitro benzene ring substituents is 1. The fourth-order valence-electron chi connectivity index (χ4n) is 8.07. The first-order valence-electron chi connectivity index (χ1n) is 16.8.